The fourth-order valence-electron chi connectivity index (χ4n) is 4.29. The number of pyridine rings is 1. The Balaban J connectivity index is 0.00000156. The molecule has 3 aliphatic heterocycles. The molecule has 0 saturated carbocycles. The zero-order valence-electron chi connectivity index (χ0n) is 13.1. The molecule has 23 heavy (non-hydrogen) atoms. The first-order valence-electron chi connectivity index (χ1n) is 8.16. The summed E-state index contributed by atoms with van der Waals surface area (Å²) in [4.78, 5) is 6.86. The van der Waals surface area contributed by atoms with Gasteiger partial charge in [0.2, 0.25) is 0 Å². The van der Waals surface area contributed by atoms with Crippen LogP contribution in [0, 0.1) is 11.8 Å². The second kappa shape index (κ2) is 6.60. The Bertz CT molecular complexity index is 699. The fraction of sp³-hybridized carbons (Fsp3) is 0.421. The van der Waals surface area contributed by atoms with Gasteiger partial charge in [-0.15, -0.1) is 19.0 Å². The smallest absolute Gasteiger partial charge is 0.0952 e. The normalized spacial score (nSPS) is 30.7. The van der Waals surface area contributed by atoms with E-state index in [1.807, 2.05) is 30.5 Å². The van der Waals surface area contributed by atoms with Gasteiger partial charge in [-0.3, -0.25) is 9.88 Å². The number of piperidine rings is 3. The number of aromatic nitrogens is 1. The second-order valence-electron chi connectivity index (χ2n) is 6.61. The third-order valence-corrected chi connectivity index (χ3v) is 5.52. The summed E-state index contributed by atoms with van der Waals surface area (Å²) in [6, 6.07) is 10.3. The summed E-state index contributed by atoms with van der Waals surface area (Å²) in [6.45, 7) is 6.11. The fourth-order valence-corrected chi connectivity index (χ4v) is 4.29. The molecule has 122 valence electrons. The quantitative estimate of drug-likeness (QED) is 0.874. The maximum Gasteiger partial charge on any atom is 0.0952 e. The lowest BCUT2D eigenvalue weighted by molar-refractivity contribution is -0.0444. The number of nitrogens with zero attached hydrogens (tertiary/aromatic N) is 2. The molecule has 4 heteroatoms. The van der Waals surface area contributed by atoms with Gasteiger partial charge in [0.15, 0.2) is 0 Å². The maximum atomic E-state index is 11.0. The Morgan fingerprint density at radius 1 is 1.30 bits per heavy atom. The van der Waals surface area contributed by atoms with E-state index in [0.717, 1.165) is 36.0 Å². The van der Waals surface area contributed by atoms with Crippen LogP contribution >= 0.6 is 12.4 Å². The predicted octanol–water partition coefficient (Wildman–Crippen LogP) is 3.59. The number of hydrogen-bond acceptors (Lipinski definition) is 3. The number of aliphatic hydroxyl groups excluding tert-OH is 1. The van der Waals surface area contributed by atoms with Crippen molar-refractivity contribution in [2.24, 2.45) is 11.8 Å². The Hall–Kier alpha value is -1.42. The number of para-hydroxylation sites is 1. The van der Waals surface area contributed by atoms with E-state index in [9.17, 15) is 5.11 Å². The first-order chi connectivity index (χ1) is 10.8. The lowest BCUT2D eigenvalue weighted by Crippen LogP contribution is -2.54. The van der Waals surface area contributed by atoms with Gasteiger partial charge in [0.1, 0.15) is 0 Å². The van der Waals surface area contributed by atoms with Crippen molar-refractivity contribution < 1.29 is 5.11 Å². The SMILES string of the molecule is C=CC1CN2CCC1CC2[C@@H](O)c1ccnc2ccccc12.Cl. The molecule has 3 nitrogen and oxygen atoms in total. The van der Waals surface area contributed by atoms with Crippen molar-refractivity contribution >= 4 is 23.3 Å². The van der Waals surface area contributed by atoms with E-state index in [1.165, 1.54) is 6.42 Å². The minimum absolute atomic E-state index is 0. The number of rotatable bonds is 3. The standard InChI is InChI=1S/C19H22N2O.ClH/c1-2-13-12-21-10-8-14(13)11-18(21)19(22)16-7-9-20-17-6-4-3-5-15(16)17;/h2-7,9,13-14,18-19,22H,1,8,10-12H2;1H/t13?,14?,18?,19-;/m0./s1. The number of aliphatic hydroxyl groups is 1. The van der Waals surface area contributed by atoms with Crippen LogP contribution in [0.15, 0.2) is 49.2 Å². The van der Waals surface area contributed by atoms with Crippen LogP contribution in [0.1, 0.15) is 24.5 Å². The highest BCUT2D eigenvalue weighted by molar-refractivity contribution is 5.85. The molecule has 1 aromatic carbocycles. The molecule has 2 aromatic rings. The summed E-state index contributed by atoms with van der Waals surface area (Å²) in [5.74, 6) is 1.27. The van der Waals surface area contributed by atoms with Gasteiger partial charge in [-0.1, -0.05) is 24.3 Å². The van der Waals surface area contributed by atoms with Gasteiger partial charge in [-0.25, -0.2) is 0 Å². The zero-order chi connectivity index (χ0) is 15.1. The van der Waals surface area contributed by atoms with Crippen LogP contribution in [0.3, 0.4) is 0 Å². The number of halogens is 1. The van der Waals surface area contributed by atoms with Crippen LogP contribution in [-0.4, -0.2) is 34.1 Å². The summed E-state index contributed by atoms with van der Waals surface area (Å²) >= 11 is 0. The maximum absolute atomic E-state index is 11.0. The van der Waals surface area contributed by atoms with Crippen LogP contribution in [0.4, 0.5) is 0 Å². The van der Waals surface area contributed by atoms with E-state index < -0.39 is 6.10 Å². The van der Waals surface area contributed by atoms with E-state index in [2.05, 4.69) is 28.6 Å². The van der Waals surface area contributed by atoms with E-state index in [1.54, 1.807) is 0 Å². The number of benzene rings is 1. The molecular formula is C19H23ClN2O. The van der Waals surface area contributed by atoms with Crippen LogP contribution in [-0.2, 0) is 0 Å². The molecule has 1 aromatic heterocycles. The molecular weight excluding hydrogens is 308 g/mol. The average Bonchev–Trinajstić information content (AvgIpc) is 2.60. The topological polar surface area (TPSA) is 36.4 Å². The Labute approximate surface area is 143 Å². The third kappa shape index (κ3) is 2.78. The molecule has 5 rings (SSSR count). The predicted molar refractivity (Wildman–Crippen MR) is 95.7 cm³/mol. The highest BCUT2D eigenvalue weighted by atomic mass is 35.5. The molecule has 0 radical (unpaired) electrons. The molecule has 0 amide bonds. The monoisotopic (exact) mass is 330 g/mol. The van der Waals surface area contributed by atoms with Gasteiger partial charge in [-0.2, -0.15) is 0 Å². The van der Waals surface area contributed by atoms with Gasteiger partial charge in [0.05, 0.1) is 11.6 Å². The molecule has 3 fully saturated rings. The summed E-state index contributed by atoms with van der Waals surface area (Å²) < 4.78 is 0. The van der Waals surface area contributed by atoms with Crippen LogP contribution < -0.4 is 0 Å². The molecule has 3 saturated heterocycles. The molecule has 2 bridgehead atoms. The number of hydrogen-bond donors (Lipinski definition) is 1. The molecule has 0 aliphatic carbocycles. The van der Waals surface area contributed by atoms with Gasteiger partial charge < -0.3 is 5.11 Å². The summed E-state index contributed by atoms with van der Waals surface area (Å²) in [6.07, 6.45) is 5.76. The van der Waals surface area contributed by atoms with Crippen LogP contribution in [0.5, 0.6) is 0 Å². The Morgan fingerprint density at radius 3 is 2.87 bits per heavy atom. The van der Waals surface area contributed by atoms with Crippen molar-refractivity contribution in [3.8, 4) is 0 Å². The molecule has 3 aliphatic rings. The van der Waals surface area contributed by atoms with Gasteiger partial charge >= 0.3 is 0 Å². The molecule has 1 N–H and O–H groups in total. The van der Waals surface area contributed by atoms with Crippen molar-refractivity contribution in [3.05, 3.63) is 54.7 Å². The lowest BCUT2D eigenvalue weighted by Gasteiger charge is -2.50. The van der Waals surface area contributed by atoms with Crippen molar-refractivity contribution in [2.75, 3.05) is 13.1 Å². The van der Waals surface area contributed by atoms with E-state index in [-0.39, 0.29) is 18.4 Å². The largest absolute Gasteiger partial charge is 0.387 e. The van der Waals surface area contributed by atoms with Crippen LogP contribution in [0.2, 0.25) is 0 Å². The molecule has 0 spiro atoms. The number of fused-ring (bicyclic) bond motifs is 4. The first kappa shape index (κ1) is 16.4. The lowest BCUT2D eigenvalue weighted by atomic mass is 9.73. The molecule has 4 heterocycles. The van der Waals surface area contributed by atoms with Crippen LogP contribution in [0.25, 0.3) is 10.9 Å². The highest BCUT2D eigenvalue weighted by Crippen LogP contribution is 2.41. The second-order valence-corrected chi connectivity index (χ2v) is 6.61. The first-order valence-corrected chi connectivity index (χ1v) is 8.16. The van der Waals surface area contributed by atoms with E-state index in [4.69, 9.17) is 0 Å². The van der Waals surface area contributed by atoms with Crippen molar-refractivity contribution in [2.45, 2.75) is 25.0 Å². The van der Waals surface area contributed by atoms with Crippen molar-refractivity contribution in [1.29, 1.82) is 0 Å². The Morgan fingerprint density at radius 2 is 2.13 bits per heavy atom. The highest BCUT2D eigenvalue weighted by Gasteiger charge is 2.42. The third-order valence-electron chi connectivity index (χ3n) is 5.52. The van der Waals surface area contributed by atoms with Crippen molar-refractivity contribution in [1.82, 2.24) is 9.88 Å². The van der Waals surface area contributed by atoms with E-state index >= 15 is 0 Å². The van der Waals surface area contributed by atoms with Gasteiger partial charge in [-0.05, 0) is 48.9 Å². The van der Waals surface area contributed by atoms with Gasteiger partial charge in [0.25, 0.3) is 0 Å². The summed E-state index contributed by atoms with van der Waals surface area (Å²) in [7, 11) is 0. The minimum Gasteiger partial charge on any atom is -0.387 e. The average molecular weight is 331 g/mol. The summed E-state index contributed by atoms with van der Waals surface area (Å²) in [5.41, 5.74) is 1.97. The molecule has 5 atom stereocenters. The zero-order valence-corrected chi connectivity index (χ0v) is 14.0. The van der Waals surface area contributed by atoms with E-state index in [0.29, 0.717) is 11.8 Å². The molecule has 4 unspecified atom stereocenters. The minimum atomic E-state index is -0.443. The van der Waals surface area contributed by atoms with Gasteiger partial charge in [0, 0.05) is 24.2 Å². The summed E-state index contributed by atoms with van der Waals surface area (Å²) in [5, 5.41) is 12.1. The van der Waals surface area contributed by atoms with Crippen molar-refractivity contribution in [3.63, 3.8) is 0 Å². The Kier molecular flexibility index (Phi) is 4.72.